The first-order chi connectivity index (χ1) is 15.2. The molecular weight excluding hydrogens is 407 g/mol. The van der Waals surface area contributed by atoms with Crippen molar-refractivity contribution < 1.29 is 9.21 Å². The number of aromatic nitrogens is 1. The molecule has 2 aromatic carbocycles. The van der Waals surface area contributed by atoms with Crippen LogP contribution in [0.15, 0.2) is 59.3 Å². The zero-order valence-corrected chi connectivity index (χ0v) is 18.0. The van der Waals surface area contributed by atoms with Gasteiger partial charge in [0.05, 0.1) is 11.2 Å². The topological polar surface area (TPSA) is 46.3 Å². The number of piperidine rings is 1. The van der Waals surface area contributed by atoms with E-state index in [4.69, 9.17) is 16.0 Å². The lowest BCUT2D eigenvalue weighted by Gasteiger charge is -2.31. The summed E-state index contributed by atoms with van der Waals surface area (Å²) < 4.78 is 6.11. The Balaban J connectivity index is 1.43. The van der Waals surface area contributed by atoms with Gasteiger partial charge in [0.15, 0.2) is 7.28 Å². The monoisotopic (exact) mass is 429 g/mol. The zero-order chi connectivity index (χ0) is 21.2. The van der Waals surface area contributed by atoms with Gasteiger partial charge in [-0.15, -0.1) is 0 Å². The number of hydrogen-bond acceptors (Lipinski definition) is 4. The van der Waals surface area contributed by atoms with Gasteiger partial charge in [-0.3, -0.25) is 9.88 Å². The molecule has 155 valence electrons. The van der Waals surface area contributed by atoms with Crippen molar-refractivity contribution in [3.8, 4) is 11.3 Å². The minimum Gasteiger partial charge on any atom is -0.456 e. The van der Waals surface area contributed by atoms with Crippen molar-refractivity contribution in [1.29, 1.82) is 0 Å². The molecule has 1 aliphatic rings. The first-order valence-corrected chi connectivity index (χ1v) is 11.1. The molecule has 0 atom stereocenters. The number of furan rings is 1. The SMILES string of the molecule is O=C[B]CC1CCN(Cc2cc(Cl)c3cncc(-c4cc5ccccc5o4)c3c2)CC1. The van der Waals surface area contributed by atoms with Gasteiger partial charge in [-0.2, -0.15) is 0 Å². The van der Waals surface area contributed by atoms with E-state index in [1.165, 1.54) is 5.56 Å². The molecule has 4 aromatic rings. The van der Waals surface area contributed by atoms with Crippen LogP contribution in [0.1, 0.15) is 18.4 Å². The number of likely N-dealkylation sites (tertiary alicyclic amines) is 1. The summed E-state index contributed by atoms with van der Waals surface area (Å²) in [5.41, 5.74) is 3.02. The number of hydrogen-bond donors (Lipinski definition) is 0. The van der Waals surface area contributed by atoms with E-state index in [1.54, 1.807) is 7.28 Å². The van der Waals surface area contributed by atoms with E-state index in [1.807, 2.05) is 30.6 Å². The van der Waals surface area contributed by atoms with Crippen molar-refractivity contribution in [3.05, 3.63) is 65.4 Å². The molecule has 0 saturated carbocycles. The van der Waals surface area contributed by atoms with Gasteiger partial charge in [-0.05, 0) is 67.1 Å². The number of rotatable bonds is 6. The highest BCUT2D eigenvalue weighted by atomic mass is 35.5. The van der Waals surface area contributed by atoms with Crippen LogP contribution in [0, 0.1) is 5.92 Å². The molecule has 0 spiro atoms. The van der Waals surface area contributed by atoms with Crippen LogP contribution in [0.2, 0.25) is 11.3 Å². The summed E-state index contributed by atoms with van der Waals surface area (Å²) >= 11 is 6.67. The third-order valence-electron chi connectivity index (χ3n) is 6.26. The second-order valence-corrected chi connectivity index (χ2v) is 8.74. The maximum absolute atomic E-state index is 10.6. The molecule has 1 fully saturated rings. The molecule has 1 radical (unpaired) electrons. The summed E-state index contributed by atoms with van der Waals surface area (Å²) in [6.45, 7) is 2.95. The second kappa shape index (κ2) is 8.85. The molecule has 1 saturated heterocycles. The van der Waals surface area contributed by atoms with Crippen molar-refractivity contribution in [3.63, 3.8) is 0 Å². The Morgan fingerprint density at radius 1 is 1.13 bits per heavy atom. The van der Waals surface area contributed by atoms with Crippen LogP contribution < -0.4 is 0 Å². The highest BCUT2D eigenvalue weighted by Gasteiger charge is 2.20. The molecule has 1 aliphatic heterocycles. The predicted octanol–water partition coefficient (Wildman–Crippen LogP) is 5.83. The van der Waals surface area contributed by atoms with Crippen molar-refractivity contribution in [2.45, 2.75) is 25.7 Å². The lowest BCUT2D eigenvalue weighted by atomic mass is 9.69. The Hall–Kier alpha value is -2.63. The number of fused-ring (bicyclic) bond motifs is 2. The number of nitrogens with zero attached hydrogens (tertiary/aromatic N) is 2. The molecule has 0 N–H and O–H groups in total. The van der Waals surface area contributed by atoms with Gasteiger partial charge in [0.1, 0.15) is 11.3 Å². The van der Waals surface area contributed by atoms with Crippen molar-refractivity contribution in [2.75, 3.05) is 13.1 Å². The van der Waals surface area contributed by atoms with Crippen LogP contribution in [0.4, 0.5) is 0 Å². The first-order valence-electron chi connectivity index (χ1n) is 10.8. The van der Waals surface area contributed by atoms with Crippen molar-refractivity contribution in [1.82, 2.24) is 9.88 Å². The Labute approximate surface area is 187 Å². The summed E-state index contributed by atoms with van der Waals surface area (Å²) in [6, 6.07) is 14.4. The quantitative estimate of drug-likeness (QED) is 0.286. The lowest BCUT2D eigenvalue weighted by Crippen LogP contribution is -2.33. The Kier molecular flexibility index (Phi) is 5.79. The summed E-state index contributed by atoms with van der Waals surface area (Å²) in [5, 5.41) is 3.79. The highest BCUT2D eigenvalue weighted by Crippen LogP contribution is 2.36. The maximum atomic E-state index is 10.6. The highest BCUT2D eigenvalue weighted by molar-refractivity contribution is 6.66. The fourth-order valence-corrected chi connectivity index (χ4v) is 4.86. The van der Waals surface area contributed by atoms with Crippen LogP contribution in [0.3, 0.4) is 0 Å². The summed E-state index contributed by atoms with van der Waals surface area (Å²) in [4.78, 5) is 17.5. The molecule has 31 heavy (non-hydrogen) atoms. The molecule has 2 aromatic heterocycles. The van der Waals surface area contributed by atoms with Gasteiger partial charge in [0.25, 0.3) is 0 Å². The summed E-state index contributed by atoms with van der Waals surface area (Å²) in [7, 11) is 1.75. The Morgan fingerprint density at radius 2 is 1.97 bits per heavy atom. The van der Waals surface area contributed by atoms with E-state index in [9.17, 15) is 4.79 Å². The van der Waals surface area contributed by atoms with E-state index in [-0.39, 0.29) is 0 Å². The van der Waals surface area contributed by atoms with Gasteiger partial charge in [0, 0.05) is 35.3 Å². The average Bonchev–Trinajstić information content (AvgIpc) is 3.22. The van der Waals surface area contributed by atoms with Gasteiger partial charge >= 0.3 is 0 Å². The number of pyridine rings is 1. The number of carbonyl (C=O) groups is 1. The number of carbonyl (C=O) groups excluding carboxylic acids is 1. The van der Waals surface area contributed by atoms with E-state index in [0.29, 0.717) is 10.9 Å². The Morgan fingerprint density at radius 3 is 2.77 bits per heavy atom. The van der Waals surface area contributed by atoms with Crippen molar-refractivity contribution >= 4 is 46.8 Å². The fourth-order valence-electron chi connectivity index (χ4n) is 4.57. The fraction of sp³-hybridized carbons (Fsp3) is 0.280. The van der Waals surface area contributed by atoms with Crippen LogP contribution in [0.25, 0.3) is 33.1 Å². The molecular formula is C25H23BClN2O2. The zero-order valence-electron chi connectivity index (χ0n) is 17.3. The van der Waals surface area contributed by atoms with Crippen molar-refractivity contribution in [2.24, 2.45) is 5.92 Å². The van der Waals surface area contributed by atoms with E-state index < -0.39 is 0 Å². The number of para-hydroxylation sites is 1. The van der Waals surface area contributed by atoms with Gasteiger partial charge < -0.3 is 9.21 Å². The van der Waals surface area contributed by atoms with E-state index in [2.05, 4.69) is 34.1 Å². The molecule has 0 unspecified atom stereocenters. The third-order valence-corrected chi connectivity index (χ3v) is 6.57. The minimum absolute atomic E-state index is 0.618. The normalized spacial score (nSPS) is 15.5. The number of benzene rings is 2. The van der Waals surface area contributed by atoms with E-state index >= 15 is 0 Å². The van der Waals surface area contributed by atoms with Gasteiger partial charge in [-0.1, -0.05) is 36.1 Å². The molecule has 0 aliphatic carbocycles. The second-order valence-electron chi connectivity index (χ2n) is 8.34. The predicted molar refractivity (Wildman–Crippen MR) is 127 cm³/mol. The lowest BCUT2D eigenvalue weighted by molar-refractivity contribution is 0.185. The standard InChI is InChI=1S/C25H23BClN2O2/c27-23-10-18(15-29-7-5-17(6-8-29)12-26-16-30)9-20-21(23)13-28-14-22(20)25-11-19-3-1-2-4-24(19)31-25/h1-4,9-11,13-14,16-17H,5-8,12,15H2. The molecule has 0 amide bonds. The van der Waals surface area contributed by atoms with E-state index in [0.717, 1.165) is 78.0 Å². The molecule has 3 heterocycles. The maximum Gasteiger partial charge on any atom is 0.197 e. The summed E-state index contributed by atoms with van der Waals surface area (Å²) in [5.74, 6) is 1.42. The van der Waals surface area contributed by atoms with Gasteiger partial charge in [0.2, 0.25) is 0 Å². The van der Waals surface area contributed by atoms with Crippen LogP contribution in [0.5, 0.6) is 0 Å². The molecule has 4 nitrogen and oxygen atoms in total. The summed E-state index contributed by atoms with van der Waals surface area (Å²) in [6.07, 6.45) is 7.74. The Bertz CT molecular complexity index is 1200. The van der Waals surface area contributed by atoms with Gasteiger partial charge in [-0.25, -0.2) is 0 Å². The van der Waals surface area contributed by atoms with Crippen LogP contribution >= 0.6 is 11.6 Å². The average molecular weight is 430 g/mol. The third kappa shape index (κ3) is 4.25. The first kappa shape index (κ1) is 20.3. The smallest absolute Gasteiger partial charge is 0.197 e. The van der Waals surface area contributed by atoms with Crippen LogP contribution in [-0.2, 0) is 11.3 Å². The molecule has 5 rings (SSSR count). The molecule has 6 heteroatoms. The largest absolute Gasteiger partial charge is 0.456 e. The molecule has 0 bridgehead atoms. The van der Waals surface area contributed by atoms with Crippen LogP contribution in [-0.4, -0.2) is 36.4 Å². The minimum atomic E-state index is 0.618. The number of halogens is 1.